The van der Waals surface area contributed by atoms with Gasteiger partial charge in [0.05, 0.1) is 0 Å². The summed E-state index contributed by atoms with van der Waals surface area (Å²) in [5.41, 5.74) is 10.0. The number of rotatable bonds is 6. The van der Waals surface area contributed by atoms with E-state index in [1.807, 2.05) is 0 Å². The van der Waals surface area contributed by atoms with Crippen LogP contribution < -0.4 is 11.5 Å². The van der Waals surface area contributed by atoms with Crippen LogP contribution >= 0.6 is 0 Å². The van der Waals surface area contributed by atoms with E-state index in [4.69, 9.17) is 21.7 Å². The van der Waals surface area contributed by atoms with Gasteiger partial charge in [0.2, 0.25) is 0 Å². The molecule has 0 heterocycles. The molecule has 0 aliphatic heterocycles. The predicted molar refractivity (Wildman–Crippen MR) is 70.9 cm³/mol. The summed E-state index contributed by atoms with van der Waals surface area (Å²) >= 11 is 0. The third kappa shape index (κ3) is 7.59. The van der Waals surface area contributed by atoms with Gasteiger partial charge in [0.25, 0.3) is 0 Å². The fourth-order valence-corrected chi connectivity index (χ4v) is 0.962. The Morgan fingerprint density at radius 2 is 0.900 bits per heavy atom. The van der Waals surface area contributed by atoms with E-state index >= 15 is 0 Å². The topological polar surface area (TPSA) is 161 Å². The van der Waals surface area contributed by atoms with Crippen molar-refractivity contribution in [3.8, 4) is 0 Å². The molecule has 20 heavy (non-hydrogen) atoms. The molecule has 0 fully saturated rings. The van der Waals surface area contributed by atoms with Crippen molar-refractivity contribution in [1.29, 1.82) is 0 Å². The lowest BCUT2D eigenvalue weighted by atomic mass is 10.0. The molecule has 8 heteroatoms. The summed E-state index contributed by atoms with van der Waals surface area (Å²) in [6.07, 6.45) is 0. The maximum Gasteiger partial charge on any atom is 0.328 e. The zero-order valence-electron chi connectivity index (χ0n) is 12.0. The maximum atomic E-state index is 10.8. The Kier molecular flexibility index (Phi) is 9.40. The second-order valence-corrected chi connectivity index (χ2v) is 4.75. The highest BCUT2D eigenvalue weighted by molar-refractivity contribution is 6.03. The maximum absolute atomic E-state index is 10.8. The van der Waals surface area contributed by atoms with E-state index in [-0.39, 0.29) is 11.8 Å². The van der Waals surface area contributed by atoms with Gasteiger partial charge < -0.3 is 21.7 Å². The average Bonchev–Trinajstić information content (AvgIpc) is 2.35. The Morgan fingerprint density at radius 3 is 0.950 bits per heavy atom. The fourth-order valence-electron chi connectivity index (χ4n) is 0.962. The minimum absolute atomic E-state index is 0.314. The number of Topliss-reactive ketones (excluding diaryl/α,β-unsaturated/α-hetero) is 2. The fraction of sp³-hybridized carbons (Fsp3) is 0.667. The van der Waals surface area contributed by atoms with Gasteiger partial charge in [-0.25, -0.2) is 0 Å². The van der Waals surface area contributed by atoms with Gasteiger partial charge in [-0.15, -0.1) is 0 Å². The van der Waals surface area contributed by atoms with Gasteiger partial charge in [-0.05, 0) is 0 Å². The second-order valence-electron chi connectivity index (χ2n) is 4.75. The number of hydrogen-bond donors (Lipinski definition) is 4. The predicted octanol–water partition coefficient (Wildman–Crippen LogP) is -0.753. The summed E-state index contributed by atoms with van der Waals surface area (Å²) in [4.78, 5) is 41.8. The lowest BCUT2D eigenvalue weighted by Crippen LogP contribution is -2.40. The third-order valence-corrected chi connectivity index (χ3v) is 2.28. The van der Waals surface area contributed by atoms with E-state index in [0.717, 1.165) is 0 Å². The summed E-state index contributed by atoms with van der Waals surface area (Å²) in [5, 5.41) is 16.5. The van der Waals surface area contributed by atoms with Crippen LogP contribution in [0.1, 0.15) is 27.7 Å². The molecule has 0 saturated carbocycles. The minimum Gasteiger partial charge on any atom is -0.480 e. The highest BCUT2D eigenvalue weighted by Gasteiger charge is 2.23. The quantitative estimate of drug-likeness (QED) is 0.464. The summed E-state index contributed by atoms with van der Waals surface area (Å²) in [5.74, 6) is -4.03. The van der Waals surface area contributed by atoms with E-state index < -0.39 is 35.6 Å². The Balaban J connectivity index is 0. The van der Waals surface area contributed by atoms with Gasteiger partial charge in [0.1, 0.15) is 0 Å². The lowest BCUT2D eigenvalue weighted by Gasteiger charge is -2.06. The summed E-state index contributed by atoms with van der Waals surface area (Å²) in [6.45, 7) is 6.46. The van der Waals surface area contributed by atoms with Gasteiger partial charge in [-0.3, -0.25) is 19.2 Å². The van der Waals surface area contributed by atoms with Gasteiger partial charge in [0.15, 0.2) is 23.7 Å². The molecule has 2 atom stereocenters. The van der Waals surface area contributed by atoms with Crippen molar-refractivity contribution in [3.05, 3.63) is 0 Å². The first-order chi connectivity index (χ1) is 8.93. The molecule has 0 aromatic rings. The first-order valence-corrected chi connectivity index (χ1v) is 5.97. The molecule has 0 rings (SSSR count). The van der Waals surface area contributed by atoms with Crippen LogP contribution in [0.2, 0.25) is 0 Å². The third-order valence-electron chi connectivity index (χ3n) is 2.28. The van der Waals surface area contributed by atoms with Crippen molar-refractivity contribution in [1.82, 2.24) is 0 Å². The molecule has 116 valence electrons. The van der Waals surface area contributed by atoms with Crippen molar-refractivity contribution >= 4 is 23.5 Å². The van der Waals surface area contributed by atoms with Gasteiger partial charge in [-0.2, -0.15) is 0 Å². The molecule has 0 aromatic heterocycles. The Bertz CT molecular complexity index is 342. The van der Waals surface area contributed by atoms with Gasteiger partial charge >= 0.3 is 11.9 Å². The largest absolute Gasteiger partial charge is 0.480 e. The standard InChI is InChI=1S/2C6H11NO3/c2*1-3(2)5(8)4(7)6(9)10/h2*3-4H,7H2,1-2H3,(H,9,10). The zero-order chi connectivity index (χ0) is 16.6. The van der Waals surface area contributed by atoms with E-state index in [1.165, 1.54) is 0 Å². The normalized spacial score (nSPS) is 13.2. The molecular formula is C12H22N2O6. The number of carboxylic acids is 2. The molecule has 6 N–H and O–H groups in total. The van der Waals surface area contributed by atoms with Crippen LogP contribution in [0, 0.1) is 11.8 Å². The summed E-state index contributed by atoms with van der Waals surface area (Å²) in [6, 6.07) is -2.72. The first kappa shape index (κ1) is 20.5. The zero-order valence-corrected chi connectivity index (χ0v) is 12.0. The van der Waals surface area contributed by atoms with E-state index in [2.05, 4.69) is 0 Å². The lowest BCUT2D eigenvalue weighted by molar-refractivity contribution is -0.144. The van der Waals surface area contributed by atoms with Gasteiger partial charge in [0, 0.05) is 11.8 Å². The number of carboxylic acid groups (broad SMARTS) is 2. The second kappa shape index (κ2) is 9.16. The highest BCUT2D eigenvalue weighted by atomic mass is 16.4. The monoisotopic (exact) mass is 290 g/mol. The molecule has 2 unspecified atom stereocenters. The molecule has 0 amide bonds. The highest BCUT2D eigenvalue weighted by Crippen LogP contribution is 1.97. The number of aliphatic carboxylic acids is 2. The molecular weight excluding hydrogens is 268 g/mol. The molecule has 8 nitrogen and oxygen atoms in total. The Hall–Kier alpha value is -1.80. The molecule has 0 aliphatic rings. The number of ketones is 2. The average molecular weight is 290 g/mol. The molecule has 0 spiro atoms. The number of nitrogens with two attached hydrogens (primary N) is 2. The van der Waals surface area contributed by atoms with Crippen LogP contribution in [0.25, 0.3) is 0 Å². The molecule has 0 aliphatic carbocycles. The van der Waals surface area contributed by atoms with Crippen LogP contribution in [0.5, 0.6) is 0 Å². The Morgan fingerprint density at radius 1 is 0.700 bits per heavy atom. The van der Waals surface area contributed by atoms with Crippen LogP contribution in [0.15, 0.2) is 0 Å². The molecule has 0 bridgehead atoms. The van der Waals surface area contributed by atoms with Crippen molar-refractivity contribution < 1.29 is 29.4 Å². The number of hydrogen-bond acceptors (Lipinski definition) is 6. The first-order valence-electron chi connectivity index (χ1n) is 5.97. The van der Waals surface area contributed by atoms with E-state index in [1.54, 1.807) is 27.7 Å². The summed E-state index contributed by atoms with van der Waals surface area (Å²) in [7, 11) is 0. The van der Waals surface area contributed by atoms with Gasteiger partial charge in [-0.1, -0.05) is 27.7 Å². The van der Waals surface area contributed by atoms with Crippen LogP contribution in [-0.2, 0) is 19.2 Å². The van der Waals surface area contributed by atoms with Crippen LogP contribution in [-0.4, -0.2) is 45.8 Å². The van der Waals surface area contributed by atoms with E-state index in [9.17, 15) is 19.2 Å². The van der Waals surface area contributed by atoms with Crippen molar-refractivity contribution in [2.75, 3.05) is 0 Å². The minimum atomic E-state index is -1.36. The van der Waals surface area contributed by atoms with Crippen molar-refractivity contribution in [2.45, 2.75) is 39.8 Å². The molecule has 0 aromatic carbocycles. The Labute approximate surface area is 117 Å². The van der Waals surface area contributed by atoms with Crippen molar-refractivity contribution in [2.24, 2.45) is 23.3 Å². The smallest absolute Gasteiger partial charge is 0.328 e. The van der Waals surface area contributed by atoms with Crippen LogP contribution in [0.4, 0.5) is 0 Å². The summed E-state index contributed by atoms with van der Waals surface area (Å²) < 4.78 is 0. The molecule has 0 radical (unpaired) electrons. The van der Waals surface area contributed by atoms with Crippen LogP contribution in [0.3, 0.4) is 0 Å². The van der Waals surface area contributed by atoms with E-state index in [0.29, 0.717) is 0 Å². The number of carbonyl (C=O) groups is 4. The molecule has 0 saturated heterocycles. The SMILES string of the molecule is CC(C)C(=O)C(N)C(=O)O.CC(C)C(=O)C(N)C(=O)O. The van der Waals surface area contributed by atoms with Crippen molar-refractivity contribution in [3.63, 3.8) is 0 Å². The number of carbonyl (C=O) groups excluding carboxylic acids is 2.